The molecule has 1 aromatic heterocycles. The van der Waals surface area contributed by atoms with Crippen LogP contribution in [-0.4, -0.2) is 31.3 Å². The molecule has 0 unspecified atom stereocenters. The van der Waals surface area contributed by atoms with Crippen molar-refractivity contribution >= 4 is 0 Å². The third kappa shape index (κ3) is 1.72. The van der Waals surface area contributed by atoms with Gasteiger partial charge in [-0.3, -0.25) is 0 Å². The Morgan fingerprint density at radius 2 is 2.38 bits per heavy atom. The fourth-order valence-electron chi connectivity index (χ4n) is 1.14. The number of nitrogens with zero attached hydrogens (tertiary/aromatic N) is 1. The van der Waals surface area contributed by atoms with E-state index in [0.717, 1.165) is 18.8 Å². The molecule has 1 saturated heterocycles. The molecule has 0 aliphatic carbocycles. The van der Waals surface area contributed by atoms with Gasteiger partial charge in [0.25, 0.3) is 5.88 Å². The molecule has 0 saturated carbocycles. The molecule has 4 nitrogen and oxygen atoms in total. The summed E-state index contributed by atoms with van der Waals surface area (Å²) in [6.45, 7) is 1.80. The van der Waals surface area contributed by atoms with E-state index in [1.165, 1.54) is 0 Å². The van der Waals surface area contributed by atoms with Crippen LogP contribution in [0.25, 0.3) is 0 Å². The molecule has 0 spiro atoms. The molecule has 13 heavy (non-hydrogen) atoms. The summed E-state index contributed by atoms with van der Waals surface area (Å²) in [7, 11) is 1.59. The average molecular weight is 180 g/mol. The molecular weight excluding hydrogens is 168 g/mol. The summed E-state index contributed by atoms with van der Waals surface area (Å²) in [5.41, 5.74) is 0. The van der Waals surface area contributed by atoms with Crippen LogP contribution in [0, 0.1) is 0 Å². The number of aromatic nitrogens is 1. The summed E-state index contributed by atoms with van der Waals surface area (Å²) in [6.07, 6.45) is 1.95. The molecule has 0 radical (unpaired) electrons. The van der Waals surface area contributed by atoms with Crippen molar-refractivity contribution in [1.29, 1.82) is 0 Å². The quantitative estimate of drug-likeness (QED) is 0.733. The molecule has 0 amide bonds. The second-order valence-electron chi connectivity index (χ2n) is 2.91. The average Bonchev–Trinajstić information content (AvgIpc) is 2.12. The van der Waals surface area contributed by atoms with E-state index in [0.29, 0.717) is 5.88 Å². The van der Waals surface area contributed by atoms with Crippen molar-refractivity contribution in [1.82, 2.24) is 10.3 Å². The van der Waals surface area contributed by atoms with Gasteiger partial charge in [-0.2, -0.15) is 0 Å². The third-order valence-electron chi connectivity index (χ3n) is 1.97. The second kappa shape index (κ2) is 3.62. The lowest BCUT2D eigenvalue weighted by atomic mass is 10.2. The van der Waals surface area contributed by atoms with Crippen molar-refractivity contribution < 1.29 is 9.47 Å². The molecule has 1 N–H and O–H groups in total. The number of ether oxygens (including phenoxy) is 2. The van der Waals surface area contributed by atoms with E-state index in [4.69, 9.17) is 9.47 Å². The van der Waals surface area contributed by atoms with Gasteiger partial charge in [0.15, 0.2) is 5.75 Å². The Labute approximate surface area is 76.9 Å². The van der Waals surface area contributed by atoms with Crippen molar-refractivity contribution in [3.05, 3.63) is 18.3 Å². The molecule has 2 heterocycles. The highest BCUT2D eigenvalue weighted by atomic mass is 16.5. The first kappa shape index (κ1) is 8.31. The van der Waals surface area contributed by atoms with Crippen LogP contribution >= 0.6 is 0 Å². The number of rotatable bonds is 3. The first-order valence-corrected chi connectivity index (χ1v) is 4.26. The highest BCUT2D eigenvalue weighted by Crippen LogP contribution is 2.24. The highest BCUT2D eigenvalue weighted by molar-refractivity contribution is 5.32. The van der Waals surface area contributed by atoms with Gasteiger partial charge in [-0.15, -0.1) is 0 Å². The molecule has 70 valence electrons. The summed E-state index contributed by atoms with van der Waals surface area (Å²) in [5.74, 6) is 1.27. The number of pyridine rings is 1. The maximum Gasteiger partial charge on any atom is 0.256 e. The van der Waals surface area contributed by atoms with E-state index >= 15 is 0 Å². The van der Waals surface area contributed by atoms with Crippen molar-refractivity contribution in [3.8, 4) is 11.6 Å². The van der Waals surface area contributed by atoms with E-state index in [2.05, 4.69) is 10.3 Å². The van der Waals surface area contributed by atoms with Gasteiger partial charge >= 0.3 is 0 Å². The van der Waals surface area contributed by atoms with Crippen LogP contribution in [0.4, 0.5) is 0 Å². The van der Waals surface area contributed by atoms with Crippen LogP contribution in [0.5, 0.6) is 11.6 Å². The van der Waals surface area contributed by atoms with Gasteiger partial charge in [0.1, 0.15) is 6.10 Å². The molecule has 0 bridgehead atoms. The van der Waals surface area contributed by atoms with Gasteiger partial charge in [-0.25, -0.2) is 4.98 Å². The summed E-state index contributed by atoms with van der Waals surface area (Å²) < 4.78 is 10.7. The van der Waals surface area contributed by atoms with Gasteiger partial charge in [0.05, 0.1) is 7.11 Å². The van der Waals surface area contributed by atoms with E-state index in [-0.39, 0.29) is 6.10 Å². The Hall–Kier alpha value is -1.29. The Bertz CT molecular complexity index is 287. The highest BCUT2D eigenvalue weighted by Gasteiger charge is 2.19. The van der Waals surface area contributed by atoms with Gasteiger partial charge in [-0.1, -0.05) is 0 Å². The number of hydrogen-bond donors (Lipinski definition) is 1. The zero-order chi connectivity index (χ0) is 9.10. The Kier molecular flexibility index (Phi) is 2.31. The zero-order valence-corrected chi connectivity index (χ0v) is 7.49. The molecule has 1 aromatic rings. The maximum atomic E-state index is 5.62. The zero-order valence-electron chi connectivity index (χ0n) is 7.49. The normalized spacial score (nSPS) is 16.4. The van der Waals surface area contributed by atoms with Crippen molar-refractivity contribution in [3.63, 3.8) is 0 Å². The summed E-state index contributed by atoms with van der Waals surface area (Å²) in [4.78, 5) is 4.04. The minimum Gasteiger partial charge on any atom is -0.482 e. The smallest absolute Gasteiger partial charge is 0.256 e. The SMILES string of the molecule is COc1ncccc1OC1CNC1. The van der Waals surface area contributed by atoms with Gasteiger partial charge in [0.2, 0.25) is 0 Å². The van der Waals surface area contributed by atoms with Crippen LogP contribution in [-0.2, 0) is 0 Å². The fourth-order valence-corrected chi connectivity index (χ4v) is 1.14. The first-order valence-electron chi connectivity index (χ1n) is 4.26. The Balaban J connectivity index is 2.08. The minimum absolute atomic E-state index is 0.262. The van der Waals surface area contributed by atoms with Crippen LogP contribution in [0.2, 0.25) is 0 Å². The first-order chi connectivity index (χ1) is 6.40. The number of hydrogen-bond acceptors (Lipinski definition) is 4. The molecular formula is C9H12N2O2. The summed E-state index contributed by atoms with van der Waals surface area (Å²) in [6, 6.07) is 3.70. The Morgan fingerprint density at radius 3 is 3.00 bits per heavy atom. The van der Waals surface area contributed by atoms with E-state index in [1.807, 2.05) is 12.1 Å². The molecule has 1 aliphatic rings. The molecule has 4 heteroatoms. The maximum absolute atomic E-state index is 5.62. The van der Waals surface area contributed by atoms with Crippen LogP contribution in [0.15, 0.2) is 18.3 Å². The predicted molar refractivity (Wildman–Crippen MR) is 48.1 cm³/mol. The molecule has 1 fully saturated rings. The molecule has 2 rings (SSSR count). The van der Waals surface area contributed by atoms with Crippen molar-refractivity contribution in [2.45, 2.75) is 6.10 Å². The monoisotopic (exact) mass is 180 g/mol. The molecule has 0 atom stereocenters. The fraction of sp³-hybridized carbons (Fsp3) is 0.444. The van der Waals surface area contributed by atoms with E-state index in [9.17, 15) is 0 Å². The lowest BCUT2D eigenvalue weighted by Crippen LogP contribution is -2.50. The lowest BCUT2D eigenvalue weighted by molar-refractivity contribution is 0.136. The van der Waals surface area contributed by atoms with E-state index < -0.39 is 0 Å². The van der Waals surface area contributed by atoms with Gasteiger partial charge in [-0.05, 0) is 12.1 Å². The van der Waals surface area contributed by atoms with Crippen molar-refractivity contribution in [2.24, 2.45) is 0 Å². The van der Waals surface area contributed by atoms with Crippen LogP contribution in [0.1, 0.15) is 0 Å². The van der Waals surface area contributed by atoms with Gasteiger partial charge in [0, 0.05) is 19.3 Å². The lowest BCUT2D eigenvalue weighted by Gasteiger charge is -2.27. The van der Waals surface area contributed by atoms with Crippen LogP contribution in [0.3, 0.4) is 0 Å². The summed E-state index contributed by atoms with van der Waals surface area (Å²) >= 11 is 0. The standard InChI is InChI=1S/C9H12N2O2/c1-12-9-8(3-2-4-11-9)13-7-5-10-6-7/h2-4,7,10H,5-6H2,1H3. The van der Waals surface area contributed by atoms with Crippen LogP contribution < -0.4 is 14.8 Å². The van der Waals surface area contributed by atoms with E-state index in [1.54, 1.807) is 13.3 Å². The summed E-state index contributed by atoms with van der Waals surface area (Å²) in [5, 5.41) is 3.13. The predicted octanol–water partition coefficient (Wildman–Crippen LogP) is 0.441. The largest absolute Gasteiger partial charge is 0.482 e. The van der Waals surface area contributed by atoms with Gasteiger partial charge < -0.3 is 14.8 Å². The molecule has 0 aromatic carbocycles. The third-order valence-corrected chi connectivity index (χ3v) is 1.97. The second-order valence-corrected chi connectivity index (χ2v) is 2.91. The number of methoxy groups -OCH3 is 1. The molecule has 1 aliphatic heterocycles. The number of nitrogens with one attached hydrogen (secondary N) is 1. The minimum atomic E-state index is 0.262. The van der Waals surface area contributed by atoms with Crippen molar-refractivity contribution in [2.75, 3.05) is 20.2 Å². The topological polar surface area (TPSA) is 43.4 Å². The Morgan fingerprint density at radius 1 is 1.54 bits per heavy atom.